The van der Waals surface area contributed by atoms with Gasteiger partial charge >= 0.3 is 5.97 Å². The van der Waals surface area contributed by atoms with Crippen LogP contribution in [0, 0.1) is 6.92 Å². The third kappa shape index (κ3) is 3.39. The Morgan fingerprint density at radius 3 is 2.48 bits per heavy atom. The number of piperidine rings is 1. The number of carboxylic acids is 1. The number of carbonyl (C=O) groups is 4. The molecule has 1 saturated heterocycles. The van der Waals surface area contributed by atoms with Crippen LogP contribution in [0.4, 0.5) is 0 Å². The fourth-order valence-electron chi connectivity index (χ4n) is 3.81. The number of imide groups is 1. The largest absolute Gasteiger partial charge is 0.478 e. The van der Waals surface area contributed by atoms with Crippen molar-refractivity contribution in [3.05, 3.63) is 52.8 Å². The Balaban J connectivity index is 1.37. The van der Waals surface area contributed by atoms with E-state index in [9.17, 15) is 19.2 Å². The molecule has 0 saturated carbocycles. The first-order valence-electron chi connectivity index (χ1n) is 9.37. The molecule has 1 aromatic carbocycles. The topological polar surface area (TPSA) is 113 Å². The zero-order valence-electron chi connectivity index (χ0n) is 15.9. The zero-order chi connectivity index (χ0) is 20.7. The minimum absolute atomic E-state index is 0.00873. The quantitative estimate of drug-likeness (QED) is 0.781. The summed E-state index contributed by atoms with van der Waals surface area (Å²) >= 11 is 0. The van der Waals surface area contributed by atoms with Gasteiger partial charge in [-0.25, -0.2) is 4.79 Å². The smallest absolute Gasteiger partial charge is 0.338 e. The van der Waals surface area contributed by atoms with Crippen LogP contribution in [0.25, 0.3) is 0 Å². The summed E-state index contributed by atoms with van der Waals surface area (Å²) in [4.78, 5) is 51.4. The van der Waals surface area contributed by atoms with Crippen LogP contribution >= 0.6 is 0 Å². The Morgan fingerprint density at radius 2 is 1.83 bits per heavy atom. The highest BCUT2D eigenvalue weighted by atomic mass is 16.4. The van der Waals surface area contributed by atoms with Gasteiger partial charge in [0.1, 0.15) is 6.54 Å². The van der Waals surface area contributed by atoms with Crippen molar-refractivity contribution >= 4 is 23.7 Å². The summed E-state index contributed by atoms with van der Waals surface area (Å²) in [7, 11) is 0. The zero-order valence-corrected chi connectivity index (χ0v) is 15.9. The van der Waals surface area contributed by atoms with Crippen molar-refractivity contribution in [3.8, 4) is 0 Å². The lowest BCUT2D eigenvalue weighted by atomic mass is 10.1. The number of amides is 3. The van der Waals surface area contributed by atoms with E-state index in [0.717, 1.165) is 10.5 Å². The number of aryl methyl sites for hydroxylation is 1. The highest BCUT2D eigenvalue weighted by Gasteiger charge is 2.37. The molecule has 0 radical (unpaired) electrons. The Hall–Kier alpha value is -3.49. The predicted octanol–water partition coefficient (Wildman–Crippen LogP) is 1.35. The van der Waals surface area contributed by atoms with Crippen molar-refractivity contribution in [2.24, 2.45) is 0 Å². The van der Waals surface area contributed by atoms with E-state index in [1.807, 2.05) is 6.92 Å². The van der Waals surface area contributed by atoms with Crippen molar-refractivity contribution in [2.75, 3.05) is 19.6 Å². The summed E-state index contributed by atoms with van der Waals surface area (Å²) in [6.45, 7) is 2.47. The lowest BCUT2D eigenvalue weighted by Gasteiger charge is -2.32. The van der Waals surface area contributed by atoms with Gasteiger partial charge in [0.25, 0.3) is 11.8 Å². The second-order valence-electron chi connectivity index (χ2n) is 7.37. The standard InChI is InChI=1S/C20H20N4O5/c1-12-2-3-15-16(8-12)19(27)23(18(15)26)11-17(25)22-6-4-14(5-7-22)24-10-13(9-21-24)20(28)29/h2-3,8-10,14H,4-7,11H2,1H3,(H,28,29). The maximum Gasteiger partial charge on any atom is 0.338 e. The number of rotatable bonds is 4. The van der Waals surface area contributed by atoms with Crippen LogP contribution in [0.15, 0.2) is 30.6 Å². The molecule has 9 nitrogen and oxygen atoms in total. The molecule has 3 heterocycles. The molecule has 0 bridgehead atoms. The highest BCUT2D eigenvalue weighted by molar-refractivity contribution is 6.22. The molecule has 1 N–H and O–H groups in total. The van der Waals surface area contributed by atoms with Crippen molar-refractivity contribution in [1.82, 2.24) is 19.6 Å². The number of fused-ring (bicyclic) bond motifs is 1. The van der Waals surface area contributed by atoms with Gasteiger partial charge in [-0.2, -0.15) is 5.10 Å². The molecule has 4 rings (SSSR count). The first kappa shape index (κ1) is 18.9. The van der Waals surface area contributed by atoms with Gasteiger partial charge in [-0.05, 0) is 31.9 Å². The molecule has 2 aromatic rings. The first-order valence-corrected chi connectivity index (χ1v) is 9.37. The normalized spacial score (nSPS) is 17.0. The average Bonchev–Trinajstić information content (AvgIpc) is 3.28. The van der Waals surface area contributed by atoms with E-state index in [1.54, 1.807) is 27.8 Å². The van der Waals surface area contributed by atoms with E-state index in [1.165, 1.54) is 12.4 Å². The van der Waals surface area contributed by atoms with Gasteiger partial charge in [0.05, 0.1) is 28.9 Å². The number of likely N-dealkylation sites (tertiary alicyclic amines) is 1. The Bertz CT molecular complexity index is 1020. The SMILES string of the molecule is Cc1ccc2c(c1)C(=O)N(CC(=O)N1CCC(n3cc(C(=O)O)cn3)CC1)C2=O. The van der Waals surface area contributed by atoms with Gasteiger partial charge in [0, 0.05) is 19.3 Å². The van der Waals surface area contributed by atoms with Crippen LogP contribution in [-0.2, 0) is 4.79 Å². The number of hydrogen-bond acceptors (Lipinski definition) is 5. The second-order valence-corrected chi connectivity index (χ2v) is 7.37. The molecule has 9 heteroatoms. The summed E-state index contributed by atoms with van der Waals surface area (Å²) in [6.07, 6.45) is 4.04. The fraction of sp³-hybridized carbons (Fsp3) is 0.350. The summed E-state index contributed by atoms with van der Waals surface area (Å²) in [5.41, 5.74) is 1.68. The minimum atomic E-state index is -1.03. The summed E-state index contributed by atoms with van der Waals surface area (Å²) in [5, 5.41) is 13.1. The van der Waals surface area contributed by atoms with E-state index < -0.39 is 17.8 Å². The number of aromatic carboxylic acids is 1. The first-order chi connectivity index (χ1) is 13.8. The van der Waals surface area contributed by atoms with E-state index in [0.29, 0.717) is 37.1 Å². The Morgan fingerprint density at radius 1 is 1.14 bits per heavy atom. The van der Waals surface area contributed by atoms with E-state index in [4.69, 9.17) is 5.11 Å². The fourth-order valence-corrected chi connectivity index (χ4v) is 3.81. The second kappa shape index (κ2) is 7.16. The predicted molar refractivity (Wildman–Crippen MR) is 101 cm³/mol. The van der Waals surface area contributed by atoms with Crippen LogP contribution in [0.5, 0.6) is 0 Å². The van der Waals surface area contributed by atoms with E-state index in [2.05, 4.69) is 5.10 Å². The van der Waals surface area contributed by atoms with Crippen molar-refractivity contribution in [1.29, 1.82) is 0 Å². The van der Waals surface area contributed by atoms with Crippen molar-refractivity contribution in [3.63, 3.8) is 0 Å². The molecule has 1 aromatic heterocycles. The van der Waals surface area contributed by atoms with E-state index >= 15 is 0 Å². The number of aromatic nitrogens is 2. The van der Waals surface area contributed by atoms with Crippen molar-refractivity contribution in [2.45, 2.75) is 25.8 Å². The molecule has 0 atom stereocenters. The molecule has 0 aliphatic carbocycles. The number of benzene rings is 1. The van der Waals surface area contributed by atoms with Gasteiger partial charge in [0.15, 0.2) is 0 Å². The van der Waals surface area contributed by atoms with Gasteiger partial charge in [-0.15, -0.1) is 0 Å². The van der Waals surface area contributed by atoms with Crippen LogP contribution in [0.3, 0.4) is 0 Å². The molecule has 2 aliphatic heterocycles. The van der Waals surface area contributed by atoms with Crippen LogP contribution < -0.4 is 0 Å². The van der Waals surface area contributed by atoms with Crippen LogP contribution in [0.1, 0.15) is 55.5 Å². The molecular formula is C20H20N4O5. The Kier molecular flexibility index (Phi) is 4.65. The number of nitrogens with zero attached hydrogens (tertiary/aromatic N) is 4. The van der Waals surface area contributed by atoms with Gasteiger partial charge in [-0.3, -0.25) is 24.0 Å². The third-order valence-electron chi connectivity index (χ3n) is 5.46. The summed E-state index contributed by atoms with van der Waals surface area (Å²) in [5.74, 6) is -2.18. The average molecular weight is 396 g/mol. The number of carboxylic acid groups (broad SMARTS) is 1. The molecule has 0 spiro atoms. The third-order valence-corrected chi connectivity index (χ3v) is 5.46. The minimum Gasteiger partial charge on any atom is -0.478 e. The molecule has 150 valence electrons. The summed E-state index contributed by atoms with van der Waals surface area (Å²) in [6, 6.07) is 5.07. The maximum atomic E-state index is 12.7. The maximum absolute atomic E-state index is 12.7. The molecule has 1 fully saturated rings. The van der Waals surface area contributed by atoms with Gasteiger partial charge in [-0.1, -0.05) is 11.6 Å². The lowest BCUT2D eigenvalue weighted by Crippen LogP contribution is -2.46. The molecule has 0 unspecified atom stereocenters. The number of carbonyl (C=O) groups excluding carboxylic acids is 3. The highest BCUT2D eigenvalue weighted by Crippen LogP contribution is 2.25. The van der Waals surface area contributed by atoms with E-state index in [-0.39, 0.29) is 24.1 Å². The van der Waals surface area contributed by atoms with Gasteiger partial charge in [0.2, 0.25) is 5.91 Å². The van der Waals surface area contributed by atoms with Crippen LogP contribution in [0.2, 0.25) is 0 Å². The van der Waals surface area contributed by atoms with Crippen molar-refractivity contribution < 1.29 is 24.3 Å². The molecule has 2 aliphatic rings. The molecule has 3 amide bonds. The molecular weight excluding hydrogens is 376 g/mol. The van der Waals surface area contributed by atoms with Gasteiger partial charge < -0.3 is 10.0 Å². The molecule has 29 heavy (non-hydrogen) atoms. The lowest BCUT2D eigenvalue weighted by molar-refractivity contribution is -0.132. The monoisotopic (exact) mass is 396 g/mol. The Labute approximate surface area is 166 Å². The number of hydrogen-bond donors (Lipinski definition) is 1. The summed E-state index contributed by atoms with van der Waals surface area (Å²) < 4.78 is 1.62. The van der Waals surface area contributed by atoms with Crippen LogP contribution in [-0.4, -0.2) is 68.0 Å².